The molecule has 208 valence electrons. The number of aromatic amines is 1. The fourth-order valence-corrected chi connectivity index (χ4v) is 3.93. The maximum atomic E-state index is 14.8. The summed E-state index contributed by atoms with van der Waals surface area (Å²) in [6, 6.07) is 5.40. The number of benzene rings is 2. The molecule has 1 aliphatic carbocycles. The third-order valence-corrected chi connectivity index (χ3v) is 6.00. The predicted molar refractivity (Wildman–Crippen MR) is 135 cm³/mol. The van der Waals surface area contributed by atoms with Crippen LogP contribution < -0.4 is 20.1 Å². The topological polar surface area (TPSA) is 118 Å². The molecule has 1 aliphatic rings. The number of halogens is 4. The van der Waals surface area contributed by atoms with E-state index >= 15 is 0 Å². The van der Waals surface area contributed by atoms with Gasteiger partial charge in [0.25, 0.3) is 11.8 Å². The second kappa shape index (κ2) is 10.5. The van der Waals surface area contributed by atoms with E-state index in [1.165, 1.54) is 6.20 Å². The Hall–Kier alpha value is -4.68. The number of nitrogens with zero attached hydrogens (tertiary/aromatic N) is 2. The maximum Gasteiger partial charge on any atom is 0.573 e. The van der Waals surface area contributed by atoms with Gasteiger partial charge in [-0.25, -0.2) is 9.37 Å². The Bertz CT molecular complexity index is 1810. The normalized spacial score (nSPS) is 16.9. The minimum absolute atomic E-state index is 0.100. The van der Waals surface area contributed by atoms with Crippen LogP contribution in [-0.4, -0.2) is 46.4 Å². The Morgan fingerprint density at radius 2 is 1.95 bits per heavy atom. The molecule has 4 aromatic rings. The SMILES string of the molecule is [2H]C([2H])([2H])Oc1ncc(-c2ccc3c(C(=O)NC4CC4)n[nH]c3c2)cc1C(=O)N[C@H](c1cc(OC(F)(F)F)ccc1F)C([2H])([2H])[2H]. The average molecular weight is 564 g/mol. The molecule has 3 N–H and O–H groups in total. The van der Waals surface area contributed by atoms with Gasteiger partial charge < -0.3 is 20.1 Å². The van der Waals surface area contributed by atoms with Crippen LogP contribution in [0, 0.1) is 5.82 Å². The van der Waals surface area contributed by atoms with Gasteiger partial charge in [0.1, 0.15) is 17.1 Å². The quantitative estimate of drug-likeness (QED) is 0.258. The maximum absolute atomic E-state index is 14.8. The number of amides is 2. The lowest BCUT2D eigenvalue weighted by Gasteiger charge is -2.18. The zero-order valence-electron chi connectivity index (χ0n) is 26.2. The van der Waals surface area contributed by atoms with Gasteiger partial charge in [-0.3, -0.25) is 14.7 Å². The van der Waals surface area contributed by atoms with E-state index in [-0.39, 0.29) is 23.2 Å². The van der Waals surface area contributed by atoms with Crippen molar-refractivity contribution in [3.05, 3.63) is 71.3 Å². The van der Waals surface area contributed by atoms with Crippen LogP contribution in [0.4, 0.5) is 17.6 Å². The molecule has 1 fully saturated rings. The van der Waals surface area contributed by atoms with Gasteiger partial charge in [-0.2, -0.15) is 5.10 Å². The molecule has 0 saturated heterocycles. The van der Waals surface area contributed by atoms with Gasteiger partial charge in [-0.1, -0.05) is 6.07 Å². The number of carbonyl (C=O) groups excluding carboxylic acids is 2. The van der Waals surface area contributed by atoms with Crippen molar-refractivity contribution in [1.29, 1.82) is 0 Å². The molecule has 5 rings (SSSR count). The number of ether oxygens (including phenoxy) is 2. The van der Waals surface area contributed by atoms with Crippen molar-refractivity contribution in [3.63, 3.8) is 0 Å². The second-order valence-electron chi connectivity index (χ2n) is 8.90. The van der Waals surface area contributed by atoms with E-state index in [0.717, 1.165) is 18.9 Å². The van der Waals surface area contributed by atoms with Crippen molar-refractivity contribution < 1.29 is 44.8 Å². The van der Waals surface area contributed by atoms with Crippen LogP contribution in [0.2, 0.25) is 0 Å². The highest BCUT2D eigenvalue weighted by molar-refractivity contribution is 6.05. The average Bonchev–Trinajstić information content (AvgIpc) is 3.65. The summed E-state index contributed by atoms with van der Waals surface area (Å²) >= 11 is 0. The van der Waals surface area contributed by atoms with E-state index in [2.05, 4.69) is 25.2 Å². The van der Waals surface area contributed by atoms with Gasteiger partial charge in [0.15, 0.2) is 5.69 Å². The predicted octanol–water partition coefficient (Wildman–Crippen LogP) is 5.05. The molecular weight excluding hydrogens is 534 g/mol. The molecule has 0 radical (unpaired) electrons. The summed E-state index contributed by atoms with van der Waals surface area (Å²) in [4.78, 5) is 30.0. The highest BCUT2D eigenvalue weighted by Crippen LogP contribution is 2.30. The molecule has 1 atom stereocenters. The summed E-state index contributed by atoms with van der Waals surface area (Å²) in [6.07, 6.45) is -2.24. The second-order valence-corrected chi connectivity index (χ2v) is 8.90. The van der Waals surface area contributed by atoms with Crippen LogP contribution in [0.1, 0.15) is 60.4 Å². The van der Waals surface area contributed by atoms with Crippen molar-refractivity contribution in [2.45, 2.75) is 38.1 Å². The number of fused-ring (bicyclic) bond motifs is 1. The van der Waals surface area contributed by atoms with Crippen molar-refractivity contribution in [3.8, 4) is 22.8 Å². The molecule has 0 unspecified atom stereocenters. The van der Waals surface area contributed by atoms with Gasteiger partial charge in [-0.05, 0) is 61.7 Å². The smallest absolute Gasteiger partial charge is 0.480 e. The first-order valence-electron chi connectivity index (χ1n) is 14.7. The third kappa shape index (κ3) is 5.82. The third-order valence-electron chi connectivity index (χ3n) is 6.00. The van der Waals surface area contributed by atoms with Crippen LogP contribution >= 0.6 is 0 Å². The number of H-pyrrole nitrogens is 1. The first-order valence-corrected chi connectivity index (χ1v) is 11.7. The molecule has 2 amide bonds. The van der Waals surface area contributed by atoms with Crippen LogP contribution in [0.5, 0.6) is 11.6 Å². The number of rotatable bonds is 8. The molecule has 0 bridgehead atoms. The first-order chi connectivity index (χ1) is 21.4. The molecule has 0 spiro atoms. The van der Waals surface area contributed by atoms with Crippen molar-refractivity contribution in [2.75, 3.05) is 7.04 Å². The number of carbonyl (C=O) groups is 2. The standard InChI is InChI=1S/C27H23F4N5O4/c1-13(19-11-17(6-8-21(19)28)40-27(29,30)31)33-24(37)20-9-15(12-32-26(20)39-2)14-3-7-18-22(10-14)35-36-23(18)25(38)34-16-4-5-16/h3,6-13,16H,4-5H2,1-2H3,(H,33,37)(H,34,38)(H,35,36)/t13-/m0/s1/i1D3,2D3. The number of alkyl halides is 3. The molecule has 0 aliphatic heterocycles. The van der Waals surface area contributed by atoms with E-state index in [1.54, 1.807) is 18.2 Å². The van der Waals surface area contributed by atoms with Crippen LogP contribution in [-0.2, 0) is 0 Å². The van der Waals surface area contributed by atoms with Crippen LogP contribution in [0.15, 0.2) is 48.7 Å². The lowest BCUT2D eigenvalue weighted by atomic mass is 10.0. The van der Waals surface area contributed by atoms with Gasteiger partial charge in [0.2, 0.25) is 5.88 Å². The van der Waals surface area contributed by atoms with Gasteiger partial charge in [-0.15, -0.1) is 13.2 Å². The molecule has 1 saturated carbocycles. The fourth-order valence-electron chi connectivity index (χ4n) is 3.93. The summed E-state index contributed by atoms with van der Waals surface area (Å²) in [6.45, 7) is -3.21. The number of methoxy groups -OCH3 is 1. The zero-order valence-corrected chi connectivity index (χ0v) is 20.2. The number of nitrogens with one attached hydrogen (secondary N) is 3. The highest BCUT2D eigenvalue weighted by atomic mass is 19.4. The molecule has 2 aromatic carbocycles. The number of hydrogen-bond donors (Lipinski definition) is 3. The summed E-state index contributed by atoms with van der Waals surface area (Å²) in [5, 5.41) is 12.2. The lowest BCUT2D eigenvalue weighted by Crippen LogP contribution is -2.28. The number of pyridine rings is 1. The Labute approximate surface area is 233 Å². The number of aromatic nitrogens is 3. The van der Waals surface area contributed by atoms with Gasteiger partial charge in [0.05, 0.1) is 22.7 Å². The Morgan fingerprint density at radius 3 is 2.67 bits per heavy atom. The van der Waals surface area contributed by atoms with Gasteiger partial charge >= 0.3 is 6.36 Å². The van der Waals surface area contributed by atoms with E-state index < -0.39 is 60.8 Å². The molecular formula is C27H23F4N5O4. The van der Waals surface area contributed by atoms with E-state index in [4.69, 9.17) is 13.0 Å². The summed E-state index contributed by atoms with van der Waals surface area (Å²) in [5.74, 6) is -4.59. The van der Waals surface area contributed by atoms with Crippen LogP contribution in [0.3, 0.4) is 0 Å². The van der Waals surface area contributed by atoms with E-state index in [0.29, 0.717) is 34.7 Å². The van der Waals surface area contributed by atoms with E-state index in [1.807, 2.05) is 5.32 Å². The van der Waals surface area contributed by atoms with Crippen molar-refractivity contribution in [1.82, 2.24) is 25.8 Å². The largest absolute Gasteiger partial charge is 0.573 e. The Balaban J connectivity index is 1.51. The minimum atomic E-state index is -5.18. The molecule has 13 heteroatoms. The van der Waals surface area contributed by atoms with Crippen molar-refractivity contribution >= 4 is 22.7 Å². The molecule has 2 aromatic heterocycles. The van der Waals surface area contributed by atoms with Crippen LogP contribution in [0.25, 0.3) is 22.0 Å². The zero-order chi connectivity index (χ0) is 33.6. The Kier molecular flexibility index (Phi) is 5.30. The Morgan fingerprint density at radius 1 is 1.12 bits per heavy atom. The number of hydrogen-bond acceptors (Lipinski definition) is 6. The molecule has 9 nitrogen and oxygen atoms in total. The monoisotopic (exact) mass is 563 g/mol. The highest BCUT2D eigenvalue weighted by Gasteiger charge is 2.32. The minimum Gasteiger partial charge on any atom is -0.480 e. The summed E-state index contributed by atoms with van der Waals surface area (Å²) in [5.41, 5.74) is -0.223. The fraction of sp³-hybridized carbons (Fsp3) is 0.259. The molecule has 2 heterocycles. The summed E-state index contributed by atoms with van der Waals surface area (Å²) < 4.78 is 108. The van der Waals surface area contributed by atoms with Crippen molar-refractivity contribution in [2.24, 2.45) is 0 Å². The summed E-state index contributed by atoms with van der Waals surface area (Å²) in [7, 11) is -3.10. The lowest BCUT2D eigenvalue weighted by molar-refractivity contribution is -0.274. The van der Waals surface area contributed by atoms with Gasteiger partial charge in [0, 0.05) is 32.9 Å². The first kappa shape index (κ1) is 20.3. The van der Waals surface area contributed by atoms with E-state index in [9.17, 15) is 27.2 Å². The molecule has 40 heavy (non-hydrogen) atoms.